The fourth-order valence-corrected chi connectivity index (χ4v) is 5.33. The van der Waals surface area contributed by atoms with Crippen molar-refractivity contribution in [2.75, 3.05) is 12.9 Å². The second-order valence-electron chi connectivity index (χ2n) is 6.12. The largest absolute Gasteiger partial charge is 0.497 e. The van der Waals surface area contributed by atoms with Gasteiger partial charge >= 0.3 is 0 Å². The van der Waals surface area contributed by atoms with Crippen molar-refractivity contribution in [1.82, 2.24) is 5.48 Å². The number of hydroxylamine groups is 1. The molecule has 3 nitrogen and oxygen atoms in total. The summed E-state index contributed by atoms with van der Waals surface area (Å²) in [6.45, 7) is 2.29. The summed E-state index contributed by atoms with van der Waals surface area (Å²) in [5, 5.41) is 10.2. The fraction of sp³-hybridized carbons (Fsp3) is 0.625. The number of rotatable bonds is 2. The molecule has 110 valence electrons. The number of hydrogen-bond acceptors (Lipinski definition) is 4. The van der Waals surface area contributed by atoms with E-state index in [0.29, 0.717) is 5.25 Å². The van der Waals surface area contributed by atoms with Crippen LogP contribution in [-0.4, -0.2) is 29.4 Å². The van der Waals surface area contributed by atoms with Gasteiger partial charge in [0.2, 0.25) is 0 Å². The lowest BCUT2D eigenvalue weighted by Gasteiger charge is -2.47. The minimum absolute atomic E-state index is 0.0189. The van der Waals surface area contributed by atoms with Gasteiger partial charge in [-0.2, -0.15) is 11.8 Å². The molecule has 0 radical (unpaired) electrons. The van der Waals surface area contributed by atoms with Crippen LogP contribution in [0.5, 0.6) is 5.75 Å². The maximum Gasteiger partial charge on any atom is 0.119 e. The molecule has 3 rings (SSSR count). The Kier molecular flexibility index (Phi) is 3.98. The van der Waals surface area contributed by atoms with Gasteiger partial charge in [-0.1, -0.05) is 19.4 Å². The fourth-order valence-electron chi connectivity index (χ4n) is 3.80. The van der Waals surface area contributed by atoms with Gasteiger partial charge in [-0.25, -0.2) is 5.48 Å². The van der Waals surface area contributed by atoms with E-state index in [1.807, 2.05) is 11.8 Å². The van der Waals surface area contributed by atoms with Crippen molar-refractivity contribution in [2.24, 2.45) is 0 Å². The van der Waals surface area contributed by atoms with Gasteiger partial charge in [0, 0.05) is 10.7 Å². The standard InChI is InChI=1S/C16H23NO2S/c1-16-7-3-4-8-20-14(15(16)17-18)9-11-5-6-12(19-2)10-13(11)16/h5-6,10,14-15,17-18H,3-4,7-9H2,1-2H3. The second-order valence-corrected chi connectivity index (χ2v) is 7.46. The SMILES string of the molecule is COc1ccc2c(c1)C1(C)CCCCSC(C2)C1NO. The van der Waals surface area contributed by atoms with Gasteiger partial charge in [0.1, 0.15) is 5.75 Å². The van der Waals surface area contributed by atoms with Crippen LogP contribution in [0.4, 0.5) is 0 Å². The molecule has 2 bridgehead atoms. The molecule has 20 heavy (non-hydrogen) atoms. The highest BCUT2D eigenvalue weighted by molar-refractivity contribution is 7.99. The maximum absolute atomic E-state index is 9.74. The molecule has 2 aliphatic rings. The van der Waals surface area contributed by atoms with Crippen molar-refractivity contribution < 1.29 is 9.94 Å². The molecule has 3 unspecified atom stereocenters. The van der Waals surface area contributed by atoms with Crippen LogP contribution >= 0.6 is 11.8 Å². The van der Waals surface area contributed by atoms with Crippen molar-refractivity contribution in [3.63, 3.8) is 0 Å². The first-order chi connectivity index (χ1) is 9.69. The van der Waals surface area contributed by atoms with Gasteiger partial charge in [0.15, 0.2) is 0 Å². The highest BCUT2D eigenvalue weighted by atomic mass is 32.2. The summed E-state index contributed by atoms with van der Waals surface area (Å²) >= 11 is 2.00. The monoisotopic (exact) mass is 293 g/mol. The number of ether oxygens (including phenoxy) is 1. The number of hydrogen-bond donors (Lipinski definition) is 2. The van der Waals surface area contributed by atoms with Crippen molar-refractivity contribution in [3.8, 4) is 5.75 Å². The smallest absolute Gasteiger partial charge is 0.119 e. The third kappa shape index (κ3) is 2.24. The van der Waals surface area contributed by atoms with Gasteiger partial charge in [-0.05, 0) is 48.3 Å². The zero-order chi connectivity index (χ0) is 14.2. The van der Waals surface area contributed by atoms with E-state index in [1.54, 1.807) is 7.11 Å². The number of fused-ring (bicyclic) bond motifs is 4. The van der Waals surface area contributed by atoms with Crippen LogP contribution in [0.1, 0.15) is 37.3 Å². The van der Waals surface area contributed by atoms with E-state index in [0.717, 1.165) is 18.6 Å². The second kappa shape index (κ2) is 5.58. The molecule has 2 N–H and O–H groups in total. The number of methoxy groups -OCH3 is 1. The zero-order valence-corrected chi connectivity index (χ0v) is 13.0. The van der Waals surface area contributed by atoms with E-state index in [4.69, 9.17) is 4.74 Å². The summed E-state index contributed by atoms with van der Waals surface area (Å²) in [5.74, 6) is 2.11. The Hall–Kier alpha value is -0.710. The third-order valence-electron chi connectivity index (χ3n) is 4.97. The van der Waals surface area contributed by atoms with Gasteiger partial charge < -0.3 is 9.94 Å². The first-order valence-corrected chi connectivity index (χ1v) is 8.42. The molecule has 1 aliphatic carbocycles. The molecule has 1 aliphatic heterocycles. The van der Waals surface area contributed by atoms with E-state index < -0.39 is 0 Å². The predicted molar refractivity (Wildman–Crippen MR) is 82.9 cm³/mol. The Bertz CT molecular complexity index is 493. The molecular formula is C16H23NO2S. The molecular weight excluding hydrogens is 270 g/mol. The Morgan fingerprint density at radius 2 is 2.25 bits per heavy atom. The van der Waals surface area contributed by atoms with E-state index >= 15 is 0 Å². The quantitative estimate of drug-likeness (QED) is 0.822. The van der Waals surface area contributed by atoms with Crippen molar-refractivity contribution in [3.05, 3.63) is 29.3 Å². The predicted octanol–water partition coefficient (Wildman–Crippen LogP) is 3.14. The van der Waals surface area contributed by atoms with E-state index in [-0.39, 0.29) is 11.5 Å². The molecule has 0 amide bonds. The van der Waals surface area contributed by atoms with Crippen LogP contribution in [0, 0.1) is 0 Å². The molecule has 1 saturated heterocycles. The highest BCUT2D eigenvalue weighted by Gasteiger charge is 2.46. The molecule has 4 heteroatoms. The van der Waals surface area contributed by atoms with Crippen LogP contribution in [0.15, 0.2) is 18.2 Å². The lowest BCUT2D eigenvalue weighted by atomic mass is 9.65. The highest BCUT2D eigenvalue weighted by Crippen LogP contribution is 2.46. The molecule has 1 aromatic carbocycles. The summed E-state index contributed by atoms with van der Waals surface area (Å²) in [6, 6.07) is 6.55. The van der Waals surface area contributed by atoms with Crippen molar-refractivity contribution >= 4 is 11.8 Å². The first kappa shape index (κ1) is 14.2. The molecule has 0 spiro atoms. The third-order valence-corrected chi connectivity index (χ3v) is 6.36. The molecule has 1 fully saturated rings. The van der Waals surface area contributed by atoms with Crippen LogP contribution < -0.4 is 10.2 Å². The normalized spacial score (nSPS) is 33.0. The minimum Gasteiger partial charge on any atom is -0.497 e. The summed E-state index contributed by atoms with van der Waals surface area (Å²) in [4.78, 5) is 0. The summed E-state index contributed by atoms with van der Waals surface area (Å²) in [5.41, 5.74) is 5.38. The molecule has 0 aromatic heterocycles. The minimum atomic E-state index is -0.0189. The zero-order valence-electron chi connectivity index (χ0n) is 12.2. The van der Waals surface area contributed by atoms with Gasteiger partial charge in [-0.15, -0.1) is 0 Å². The van der Waals surface area contributed by atoms with Crippen LogP contribution in [0.2, 0.25) is 0 Å². The molecule has 0 saturated carbocycles. The van der Waals surface area contributed by atoms with Crippen LogP contribution in [-0.2, 0) is 11.8 Å². The number of benzene rings is 1. The Morgan fingerprint density at radius 1 is 1.40 bits per heavy atom. The summed E-state index contributed by atoms with van der Waals surface area (Å²) in [6.07, 6.45) is 4.62. The molecule has 1 heterocycles. The van der Waals surface area contributed by atoms with E-state index in [1.165, 1.54) is 29.7 Å². The van der Waals surface area contributed by atoms with Crippen molar-refractivity contribution in [1.29, 1.82) is 0 Å². The maximum atomic E-state index is 9.74. The van der Waals surface area contributed by atoms with Gasteiger partial charge in [0.25, 0.3) is 0 Å². The average Bonchev–Trinajstić information content (AvgIpc) is 2.45. The Balaban J connectivity index is 2.10. The average molecular weight is 293 g/mol. The number of thioether (sulfide) groups is 1. The summed E-state index contributed by atoms with van der Waals surface area (Å²) in [7, 11) is 1.71. The van der Waals surface area contributed by atoms with Crippen LogP contribution in [0.25, 0.3) is 0 Å². The molecule has 1 aromatic rings. The van der Waals surface area contributed by atoms with E-state index in [9.17, 15) is 5.21 Å². The van der Waals surface area contributed by atoms with Gasteiger partial charge in [-0.3, -0.25) is 0 Å². The lowest BCUT2D eigenvalue weighted by Crippen LogP contribution is -2.56. The van der Waals surface area contributed by atoms with E-state index in [2.05, 4.69) is 30.6 Å². The number of nitrogens with one attached hydrogen (secondary N) is 1. The Labute approximate surface area is 125 Å². The summed E-state index contributed by atoms with van der Waals surface area (Å²) < 4.78 is 5.40. The first-order valence-electron chi connectivity index (χ1n) is 7.37. The lowest BCUT2D eigenvalue weighted by molar-refractivity contribution is 0.0759. The molecule has 3 atom stereocenters. The van der Waals surface area contributed by atoms with Crippen molar-refractivity contribution in [2.45, 2.75) is 49.3 Å². The topological polar surface area (TPSA) is 41.5 Å². The Morgan fingerprint density at radius 3 is 3.00 bits per heavy atom. The van der Waals surface area contributed by atoms with Crippen LogP contribution in [0.3, 0.4) is 0 Å². The van der Waals surface area contributed by atoms with Gasteiger partial charge in [0.05, 0.1) is 13.2 Å².